The Labute approximate surface area is 203 Å². The van der Waals surface area contributed by atoms with Crippen LogP contribution in [0.2, 0.25) is 0 Å². The average Bonchev–Trinajstić information content (AvgIpc) is 3.46. The van der Waals surface area contributed by atoms with Gasteiger partial charge in [0.1, 0.15) is 4.21 Å². The minimum Gasteiger partial charge on any atom is -0.481 e. The molecule has 0 radical (unpaired) electrons. The summed E-state index contributed by atoms with van der Waals surface area (Å²) < 4.78 is 33.6. The smallest absolute Gasteiger partial charge is 0.333 e. The molecule has 3 heterocycles. The van der Waals surface area contributed by atoms with E-state index in [2.05, 4.69) is 26.0 Å². The summed E-state index contributed by atoms with van der Waals surface area (Å²) in [5.74, 6) is 0.461. The first kappa shape index (κ1) is 22.8. The number of hydrogen-bond donors (Lipinski definition) is 2. The van der Waals surface area contributed by atoms with Crippen LogP contribution < -0.4 is 14.8 Å². The third-order valence-corrected chi connectivity index (χ3v) is 9.34. The number of nitrogens with zero attached hydrogens (tertiary/aromatic N) is 2. The van der Waals surface area contributed by atoms with E-state index in [9.17, 15) is 13.2 Å². The third kappa shape index (κ3) is 4.40. The average molecular weight is 499 g/mol. The van der Waals surface area contributed by atoms with Gasteiger partial charge in [-0.3, -0.25) is 0 Å². The van der Waals surface area contributed by atoms with Gasteiger partial charge in [-0.2, -0.15) is 0 Å². The molecule has 0 saturated heterocycles. The van der Waals surface area contributed by atoms with Crippen molar-refractivity contribution in [1.29, 1.82) is 0 Å². The topological polar surface area (TPSA) is 101 Å². The molecule has 2 amide bonds. The lowest BCUT2D eigenvalue weighted by atomic mass is 9.98. The van der Waals surface area contributed by atoms with Gasteiger partial charge in [-0.25, -0.2) is 22.9 Å². The minimum atomic E-state index is -3.99. The molecule has 0 unspecified atom stereocenters. The van der Waals surface area contributed by atoms with Crippen LogP contribution in [0.4, 0.5) is 10.5 Å². The number of benzene rings is 1. The van der Waals surface area contributed by atoms with Gasteiger partial charge in [-0.15, -0.1) is 11.3 Å². The number of urea groups is 1. The van der Waals surface area contributed by atoms with Crippen LogP contribution in [0, 0.1) is 0 Å². The molecular weight excluding hydrogens is 472 g/mol. The molecule has 0 saturated carbocycles. The fraction of sp³-hybridized carbons (Fsp3) is 0.333. The molecule has 1 aliphatic carbocycles. The number of amides is 2. The highest BCUT2D eigenvalue weighted by molar-refractivity contribution is 7.92. The van der Waals surface area contributed by atoms with Crippen molar-refractivity contribution < 1.29 is 17.9 Å². The number of thiophene rings is 1. The largest absolute Gasteiger partial charge is 0.481 e. The van der Waals surface area contributed by atoms with Gasteiger partial charge in [-0.1, -0.05) is 12.1 Å². The van der Waals surface area contributed by atoms with Gasteiger partial charge >= 0.3 is 6.03 Å². The number of methoxy groups -OCH3 is 1. The number of aromatic nitrogens is 1. The molecule has 34 heavy (non-hydrogen) atoms. The molecule has 178 valence electrons. The molecule has 2 N–H and O–H groups in total. The van der Waals surface area contributed by atoms with E-state index in [0.29, 0.717) is 18.1 Å². The Morgan fingerprint density at radius 2 is 2.00 bits per heavy atom. The fourth-order valence-corrected chi connectivity index (χ4v) is 7.08. The SMILES string of the molecule is COc1cc(-c2ccc3c(c2NC(=O)NS(=O)(=O)c2cc4c(s2)CCN(C)C4)CCC3)ccn1. The number of sulfonamides is 1. The summed E-state index contributed by atoms with van der Waals surface area (Å²) in [6.45, 7) is 1.60. The van der Waals surface area contributed by atoms with Crippen molar-refractivity contribution in [1.82, 2.24) is 14.6 Å². The first-order chi connectivity index (χ1) is 16.3. The summed E-state index contributed by atoms with van der Waals surface area (Å²) in [6, 6.07) is 8.56. The fourth-order valence-electron chi connectivity index (χ4n) is 4.63. The number of fused-ring (bicyclic) bond motifs is 2. The van der Waals surface area contributed by atoms with Crippen molar-refractivity contribution in [2.24, 2.45) is 0 Å². The predicted octanol–water partition coefficient (Wildman–Crippen LogP) is 3.81. The first-order valence-corrected chi connectivity index (χ1v) is 13.4. The van der Waals surface area contributed by atoms with E-state index >= 15 is 0 Å². The van der Waals surface area contributed by atoms with Crippen molar-refractivity contribution in [3.05, 3.63) is 58.1 Å². The molecule has 10 heteroatoms. The number of carbonyl (C=O) groups excluding carboxylic acids is 1. The molecule has 2 aliphatic rings. The Kier molecular flexibility index (Phi) is 6.05. The number of ether oxygens (including phenoxy) is 1. The third-order valence-electron chi connectivity index (χ3n) is 6.30. The maximum absolute atomic E-state index is 13.0. The van der Waals surface area contributed by atoms with Gasteiger partial charge in [0.05, 0.1) is 12.8 Å². The van der Waals surface area contributed by atoms with Gasteiger partial charge < -0.3 is 15.0 Å². The number of likely N-dealkylation sites (N-methyl/N-ethyl adjacent to an activating group) is 1. The van der Waals surface area contributed by atoms with Gasteiger partial charge in [-0.05, 0) is 67.1 Å². The second-order valence-corrected chi connectivity index (χ2v) is 11.7. The van der Waals surface area contributed by atoms with Crippen LogP contribution >= 0.6 is 11.3 Å². The van der Waals surface area contributed by atoms with Crippen molar-refractivity contribution >= 4 is 33.1 Å². The second kappa shape index (κ2) is 9.01. The normalized spacial score (nSPS) is 15.5. The number of pyridine rings is 1. The van der Waals surface area contributed by atoms with Crippen LogP contribution in [0.15, 0.2) is 40.7 Å². The Morgan fingerprint density at radius 1 is 1.15 bits per heavy atom. The molecule has 1 aromatic carbocycles. The Bertz CT molecular complexity index is 1370. The van der Waals surface area contributed by atoms with Gasteiger partial charge in [0.25, 0.3) is 10.0 Å². The van der Waals surface area contributed by atoms with Crippen LogP contribution in [0.1, 0.15) is 28.0 Å². The minimum absolute atomic E-state index is 0.167. The number of carbonyl (C=O) groups is 1. The molecule has 1 aliphatic heterocycles. The van der Waals surface area contributed by atoms with Crippen LogP contribution in [-0.4, -0.2) is 45.0 Å². The van der Waals surface area contributed by atoms with E-state index in [1.54, 1.807) is 25.4 Å². The lowest BCUT2D eigenvalue weighted by Gasteiger charge is -2.21. The Balaban J connectivity index is 1.43. The molecule has 2 aromatic heterocycles. The summed E-state index contributed by atoms with van der Waals surface area (Å²) in [5.41, 5.74) is 5.46. The van der Waals surface area contributed by atoms with Crippen molar-refractivity contribution in [3.8, 4) is 17.0 Å². The Hall–Kier alpha value is -2.95. The van der Waals surface area contributed by atoms with Crippen molar-refractivity contribution in [2.45, 2.75) is 36.4 Å². The van der Waals surface area contributed by atoms with E-state index in [1.807, 2.05) is 19.2 Å². The highest BCUT2D eigenvalue weighted by Gasteiger charge is 2.26. The molecule has 5 rings (SSSR count). The standard InChI is InChI=1S/C24H26N4O4S2/c1-28-11-9-20-17(14-28)13-22(33-20)34(30,31)27-24(29)26-23-18-5-3-4-15(18)6-7-19(23)16-8-10-25-21(12-16)32-2/h6-8,10,12-13H,3-5,9,11,14H2,1-2H3,(H2,26,27,29). The lowest BCUT2D eigenvalue weighted by molar-refractivity contribution is 0.256. The number of hydrogen-bond acceptors (Lipinski definition) is 7. The van der Waals surface area contributed by atoms with E-state index in [-0.39, 0.29) is 4.21 Å². The van der Waals surface area contributed by atoms with Crippen molar-refractivity contribution in [2.75, 3.05) is 26.0 Å². The quantitative estimate of drug-likeness (QED) is 0.555. The van der Waals surface area contributed by atoms with Gasteiger partial charge in [0, 0.05) is 35.8 Å². The molecule has 0 fully saturated rings. The van der Waals surface area contributed by atoms with Crippen LogP contribution in [-0.2, 0) is 35.8 Å². The highest BCUT2D eigenvalue weighted by Crippen LogP contribution is 2.38. The zero-order chi connectivity index (χ0) is 23.9. The van der Waals surface area contributed by atoms with Gasteiger partial charge in [0.2, 0.25) is 5.88 Å². The van der Waals surface area contributed by atoms with Crippen molar-refractivity contribution in [3.63, 3.8) is 0 Å². The highest BCUT2D eigenvalue weighted by atomic mass is 32.2. The molecule has 0 bridgehead atoms. The second-order valence-electron chi connectivity index (χ2n) is 8.63. The maximum atomic E-state index is 13.0. The zero-order valence-electron chi connectivity index (χ0n) is 19.1. The molecule has 3 aromatic rings. The van der Waals surface area contributed by atoms with Crippen LogP contribution in [0.5, 0.6) is 5.88 Å². The summed E-state index contributed by atoms with van der Waals surface area (Å²) in [5, 5.41) is 2.85. The van der Waals surface area contributed by atoms with Crippen LogP contribution in [0.25, 0.3) is 11.1 Å². The first-order valence-electron chi connectivity index (χ1n) is 11.1. The number of anilines is 1. The predicted molar refractivity (Wildman–Crippen MR) is 132 cm³/mol. The molecular formula is C24H26N4O4S2. The zero-order valence-corrected chi connectivity index (χ0v) is 20.7. The summed E-state index contributed by atoms with van der Waals surface area (Å²) in [4.78, 5) is 20.3. The summed E-state index contributed by atoms with van der Waals surface area (Å²) >= 11 is 1.24. The number of rotatable bonds is 5. The van der Waals surface area contributed by atoms with E-state index < -0.39 is 16.1 Å². The van der Waals surface area contributed by atoms with E-state index in [4.69, 9.17) is 4.74 Å². The Morgan fingerprint density at radius 3 is 2.82 bits per heavy atom. The number of aryl methyl sites for hydroxylation is 1. The van der Waals surface area contributed by atoms with E-state index in [0.717, 1.165) is 64.9 Å². The van der Waals surface area contributed by atoms with Gasteiger partial charge in [0.15, 0.2) is 0 Å². The number of nitrogens with one attached hydrogen (secondary N) is 2. The maximum Gasteiger partial charge on any atom is 0.333 e. The van der Waals surface area contributed by atoms with Crippen LogP contribution in [0.3, 0.4) is 0 Å². The molecule has 0 atom stereocenters. The molecule has 0 spiro atoms. The lowest BCUT2D eigenvalue weighted by Crippen LogP contribution is -2.34. The monoisotopic (exact) mass is 498 g/mol. The summed E-state index contributed by atoms with van der Waals surface area (Å²) in [6.07, 6.45) is 5.19. The van der Waals surface area contributed by atoms with E-state index in [1.165, 1.54) is 11.3 Å². The summed E-state index contributed by atoms with van der Waals surface area (Å²) in [7, 11) is -0.428. The molecule has 8 nitrogen and oxygen atoms in total.